The summed E-state index contributed by atoms with van der Waals surface area (Å²) < 4.78 is 0. The van der Waals surface area contributed by atoms with Gasteiger partial charge in [0, 0.05) is 12.1 Å². The average molecular weight is 300 g/mol. The summed E-state index contributed by atoms with van der Waals surface area (Å²) in [6.45, 7) is 2.21. The number of benzene rings is 1. The number of carbonyl (C=O) groups is 3. The van der Waals surface area contributed by atoms with Crippen LogP contribution in [0.1, 0.15) is 54.4 Å². The first-order valence-electron chi connectivity index (χ1n) is 7.84. The molecule has 1 atom stereocenters. The van der Waals surface area contributed by atoms with E-state index in [1.54, 1.807) is 0 Å². The molecule has 1 aromatic rings. The molecule has 1 heterocycles. The highest BCUT2D eigenvalue weighted by Crippen LogP contribution is 2.36. The molecule has 0 unspecified atom stereocenters. The van der Waals surface area contributed by atoms with Crippen LogP contribution in [-0.2, 0) is 9.59 Å². The number of hydrogen-bond acceptors (Lipinski definition) is 3. The lowest BCUT2D eigenvalue weighted by Gasteiger charge is -2.27. The highest BCUT2D eigenvalue weighted by molar-refractivity contribution is 6.08. The van der Waals surface area contributed by atoms with E-state index in [-0.39, 0.29) is 24.1 Å². The van der Waals surface area contributed by atoms with Crippen molar-refractivity contribution < 1.29 is 14.4 Å². The Morgan fingerprint density at radius 2 is 1.91 bits per heavy atom. The smallest absolute Gasteiger partial charge is 0.254 e. The second kappa shape index (κ2) is 5.91. The normalized spacial score (nSPS) is 21.4. The summed E-state index contributed by atoms with van der Waals surface area (Å²) in [5, 5.41) is 2.26. The van der Waals surface area contributed by atoms with Gasteiger partial charge in [0.1, 0.15) is 6.04 Å². The van der Waals surface area contributed by atoms with Crippen LogP contribution in [0.5, 0.6) is 0 Å². The molecular weight excluding hydrogens is 280 g/mol. The fraction of sp³-hybridized carbons (Fsp3) is 0.471. The lowest BCUT2D eigenvalue weighted by atomic mass is 9.80. The fourth-order valence-corrected chi connectivity index (χ4v) is 3.10. The molecule has 116 valence electrons. The number of nitrogens with one attached hydrogen (secondary N) is 1. The number of carbonyl (C=O) groups excluding carboxylic acids is 3. The molecule has 1 aliphatic carbocycles. The quantitative estimate of drug-likeness (QED) is 0.863. The molecule has 1 N–H and O–H groups in total. The summed E-state index contributed by atoms with van der Waals surface area (Å²) in [6, 6.07) is 6.98. The van der Waals surface area contributed by atoms with Crippen LogP contribution in [0, 0.1) is 0 Å². The number of imide groups is 1. The van der Waals surface area contributed by atoms with Crippen molar-refractivity contribution in [2.24, 2.45) is 0 Å². The Balaban J connectivity index is 1.76. The van der Waals surface area contributed by atoms with E-state index < -0.39 is 6.04 Å². The summed E-state index contributed by atoms with van der Waals surface area (Å²) in [5.41, 5.74) is 1.84. The summed E-state index contributed by atoms with van der Waals surface area (Å²) >= 11 is 0. The summed E-state index contributed by atoms with van der Waals surface area (Å²) in [6.07, 6.45) is 3.77. The third-order valence-electron chi connectivity index (χ3n) is 4.66. The second-order valence-electron chi connectivity index (χ2n) is 5.97. The molecule has 0 aromatic heterocycles. The maximum absolute atomic E-state index is 12.6. The van der Waals surface area contributed by atoms with Gasteiger partial charge in [0.2, 0.25) is 11.8 Å². The van der Waals surface area contributed by atoms with Crippen LogP contribution in [0.25, 0.3) is 0 Å². The third kappa shape index (κ3) is 2.63. The van der Waals surface area contributed by atoms with Crippen molar-refractivity contribution >= 4 is 17.7 Å². The molecule has 1 aromatic carbocycles. The molecule has 2 aliphatic rings. The molecule has 0 radical (unpaired) electrons. The van der Waals surface area contributed by atoms with Crippen LogP contribution in [0.15, 0.2) is 24.3 Å². The highest BCUT2D eigenvalue weighted by Gasteiger charge is 2.37. The number of nitrogens with zero attached hydrogens (tertiary/aromatic N) is 1. The Hall–Kier alpha value is -2.17. The van der Waals surface area contributed by atoms with Crippen LogP contribution >= 0.6 is 0 Å². The molecule has 5 heteroatoms. The van der Waals surface area contributed by atoms with E-state index in [0.29, 0.717) is 18.0 Å². The molecule has 5 nitrogen and oxygen atoms in total. The SMILES string of the molecule is CCN(C(=O)c1ccc(C2CCC2)cc1)[C@H]1CC(=O)NC1=O. The first kappa shape index (κ1) is 14.8. The topological polar surface area (TPSA) is 66.5 Å². The lowest BCUT2D eigenvalue weighted by Crippen LogP contribution is -2.44. The Bertz CT molecular complexity index is 605. The average Bonchev–Trinajstić information content (AvgIpc) is 2.77. The van der Waals surface area contributed by atoms with E-state index in [4.69, 9.17) is 0 Å². The Labute approximate surface area is 129 Å². The zero-order valence-electron chi connectivity index (χ0n) is 12.7. The van der Waals surface area contributed by atoms with E-state index in [2.05, 4.69) is 5.32 Å². The van der Waals surface area contributed by atoms with Gasteiger partial charge in [-0.2, -0.15) is 0 Å². The summed E-state index contributed by atoms with van der Waals surface area (Å²) in [5.74, 6) is -0.268. The molecule has 1 saturated heterocycles. The summed E-state index contributed by atoms with van der Waals surface area (Å²) in [4.78, 5) is 37.2. The molecule has 1 saturated carbocycles. The minimum atomic E-state index is -0.684. The van der Waals surface area contributed by atoms with E-state index in [9.17, 15) is 14.4 Å². The monoisotopic (exact) mass is 300 g/mol. The van der Waals surface area contributed by atoms with Gasteiger partial charge in [0.25, 0.3) is 5.91 Å². The van der Waals surface area contributed by atoms with Crippen molar-refractivity contribution in [3.63, 3.8) is 0 Å². The van der Waals surface area contributed by atoms with Gasteiger partial charge in [0.15, 0.2) is 0 Å². The molecule has 3 rings (SSSR count). The molecule has 0 spiro atoms. The predicted octanol–water partition coefficient (Wildman–Crippen LogP) is 1.83. The maximum Gasteiger partial charge on any atom is 0.254 e. The molecule has 22 heavy (non-hydrogen) atoms. The van der Waals surface area contributed by atoms with Crippen LogP contribution < -0.4 is 5.32 Å². The van der Waals surface area contributed by atoms with Crippen LogP contribution in [0.3, 0.4) is 0 Å². The van der Waals surface area contributed by atoms with E-state index in [0.717, 1.165) is 0 Å². The predicted molar refractivity (Wildman–Crippen MR) is 81.3 cm³/mol. The van der Waals surface area contributed by atoms with Gasteiger partial charge in [0.05, 0.1) is 6.42 Å². The molecule has 2 fully saturated rings. The molecule has 3 amide bonds. The zero-order chi connectivity index (χ0) is 15.7. The van der Waals surface area contributed by atoms with Gasteiger partial charge >= 0.3 is 0 Å². The van der Waals surface area contributed by atoms with Crippen LogP contribution in [-0.4, -0.2) is 35.2 Å². The van der Waals surface area contributed by atoms with Crippen molar-refractivity contribution in [2.75, 3.05) is 6.54 Å². The molecule has 0 bridgehead atoms. The maximum atomic E-state index is 12.6. The first-order chi connectivity index (χ1) is 10.6. The lowest BCUT2D eigenvalue weighted by molar-refractivity contribution is -0.126. The van der Waals surface area contributed by atoms with Gasteiger partial charge in [-0.3, -0.25) is 19.7 Å². The summed E-state index contributed by atoms with van der Waals surface area (Å²) in [7, 11) is 0. The van der Waals surface area contributed by atoms with Gasteiger partial charge < -0.3 is 4.90 Å². The van der Waals surface area contributed by atoms with Crippen LogP contribution in [0.4, 0.5) is 0 Å². The minimum absolute atomic E-state index is 0.0541. The van der Waals surface area contributed by atoms with Gasteiger partial charge in [-0.05, 0) is 43.4 Å². The van der Waals surface area contributed by atoms with Crippen molar-refractivity contribution in [3.8, 4) is 0 Å². The molecule has 1 aliphatic heterocycles. The number of likely N-dealkylation sites (N-methyl/N-ethyl adjacent to an activating group) is 1. The van der Waals surface area contributed by atoms with Gasteiger partial charge in [-0.1, -0.05) is 18.6 Å². The highest BCUT2D eigenvalue weighted by atomic mass is 16.2. The van der Waals surface area contributed by atoms with Gasteiger partial charge in [-0.15, -0.1) is 0 Å². The van der Waals surface area contributed by atoms with Crippen molar-refractivity contribution in [1.29, 1.82) is 0 Å². The third-order valence-corrected chi connectivity index (χ3v) is 4.66. The Kier molecular flexibility index (Phi) is 3.96. The molecular formula is C17H20N2O3. The fourth-order valence-electron chi connectivity index (χ4n) is 3.10. The Morgan fingerprint density at radius 1 is 1.23 bits per heavy atom. The largest absolute Gasteiger partial charge is 0.326 e. The van der Waals surface area contributed by atoms with Crippen molar-refractivity contribution in [2.45, 2.75) is 44.6 Å². The van der Waals surface area contributed by atoms with Crippen LogP contribution in [0.2, 0.25) is 0 Å². The first-order valence-corrected chi connectivity index (χ1v) is 7.84. The van der Waals surface area contributed by atoms with E-state index in [1.165, 1.54) is 29.7 Å². The number of rotatable bonds is 4. The Morgan fingerprint density at radius 3 is 2.36 bits per heavy atom. The zero-order valence-corrected chi connectivity index (χ0v) is 12.7. The van der Waals surface area contributed by atoms with Crippen molar-refractivity contribution in [3.05, 3.63) is 35.4 Å². The minimum Gasteiger partial charge on any atom is -0.326 e. The standard InChI is InChI=1S/C17H20N2O3/c1-2-19(14-10-15(20)18-16(14)21)17(22)13-8-6-12(7-9-13)11-4-3-5-11/h6-9,11,14H,2-5,10H2,1H3,(H,18,20,21)/t14-/m0/s1. The van der Waals surface area contributed by atoms with Crippen molar-refractivity contribution in [1.82, 2.24) is 10.2 Å². The van der Waals surface area contributed by atoms with E-state index in [1.807, 2.05) is 31.2 Å². The number of hydrogen-bond donors (Lipinski definition) is 1. The number of amides is 3. The second-order valence-corrected chi connectivity index (χ2v) is 5.97. The van der Waals surface area contributed by atoms with E-state index >= 15 is 0 Å². The van der Waals surface area contributed by atoms with Gasteiger partial charge in [-0.25, -0.2) is 0 Å².